The molecule has 0 fully saturated rings. The summed E-state index contributed by atoms with van der Waals surface area (Å²) in [5.41, 5.74) is 3.63. The fourth-order valence-electron chi connectivity index (χ4n) is 2.79. The first-order valence-corrected chi connectivity index (χ1v) is 8.06. The molecule has 0 saturated carbocycles. The van der Waals surface area contributed by atoms with Gasteiger partial charge in [-0.3, -0.25) is 0 Å². The van der Waals surface area contributed by atoms with Gasteiger partial charge >= 0.3 is 0 Å². The summed E-state index contributed by atoms with van der Waals surface area (Å²) in [5, 5.41) is 8.57. The molecule has 5 nitrogen and oxygen atoms in total. The molecular weight excluding hydrogens is 317 g/mol. The second-order valence-corrected chi connectivity index (χ2v) is 5.63. The first kappa shape index (κ1) is 15.3. The normalized spacial score (nSPS) is 11.0. The molecule has 1 N–H and O–H groups in total. The van der Waals surface area contributed by atoms with E-state index in [4.69, 9.17) is 0 Å². The molecule has 6 heteroatoms. The zero-order valence-corrected chi connectivity index (χ0v) is 13.6. The fraction of sp³-hybridized carbons (Fsp3) is 0.105. The van der Waals surface area contributed by atoms with Gasteiger partial charge in [-0.25, -0.2) is 19.0 Å². The lowest BCUT2D eigenvalue weighted by Crippen LogP contribution is -2.00. The Morgan fingerprint density at radius 3 is 2.64 bits per heavy atom. The third-order valence-electron chi connectivity index (χ3n) is 4.09. The SMILES string of the molecule is CCc1ccccc1Nc1ncnc2c1cnn2-c1ccc(F)cc1. The van der Waals surface area contributed by atoms with Crippen molar-refractivity contribution < 1.29 is 4.39 Å². The third-order valence-corrected chi connectivity index (χ3v) is 4.09. The zero-order chi connectivity index (χ0) is 17.2. The monoisotopic (exact) mass is 333 g/mol. The number of nitrogens with zero attached hydrogens (tertiary/aromatic N) is 4. The Kier molecular flexibility index (Phi) is 3.85. The topological polar surface area (TPSA) is 55.6 Å². The number of anilines is 2. The number of hydrogen-bond acceptors (Lipinski definition) is 4. The molecule has 2 aromatic carbocycles. The summed E-state index contributed by atoms with van der Waals surface area (Å²) in [4.78, 5) is 8.70. The quantitative estimate of drug-likeness (QED) is 0.606. The maximum atomic E-state index is 13.2. The average molecular weight is 333 g/mol. The van der Waals surface area contributed by atoms with Gasteiger partial charge in [-0.2, -0.15) is 5.10 Å². The highest BCUT2D eigenvalue weighted by atomic mass is 19.1. The van der Waals surface area contributed by atoms with E-state index in [2.05, 4.69) is 33.4 Å². The first-order valence-electron chi connectivity index (χ1n) is 8.06. The number of aryl methyl sites for hydroxylation is 1. The fourth-order valence-corrected chi connectivity index (χ4v) is 2.79. The van der Waals surface area contributed by atoms with Gasteiger partial charge in [-0.1, -0.05) is 25.1 Å². The molecule has 0 unspecified atom stereocenters. The third kappa shape index (κ3) is 2.82. The van der Waals surface area contributed by atoms with Gasteiger partial charge in [0, 0.05) is 5.69 Å². The van der Waals surface area contributed by atoms with Gasteiger partial charge in [-0.05, 0) is 42.3 Å². The average Bonchev–Trinajstić information content (AvgIpc) is 3.08. The van der Waals surface area contributed by atoms with E-state index in [1.165, 1.54) is 24.0 Å². The minimum Gasteiger partial charge on any atom is -0.339 e. The summed E-state index contributed by atoms with van der Waals surface area (Å²) < 4.78 is 14.8. The summed E-state index contributed by atoms with van der Waals surface area (Å²) in [6.45, 7) is 2.11. The molecule has 124 valence electrons. The number of fused-ring (bicyclic) bond motifs is 1. The molecule has 25 heavy (non-hydrogen) atoms. The number of benzene rings is 2. The van der Waals surface area contributed by atoms with Gasteiger partial charge in [0.05, 0.1) is 17.3 Å². The lowest BCUT2D eigenvalue weighted by molar-refractivity contribution is 0.627. The van der Waals surface area contributed by atoms with Crippen LogP contribution >= 0.6 is 0 Å². The molecule has 0 saturated heterocycles. The van der Waals surface area contributed by atoms with Crippen LogP contribution in [0.15, 0.2) is 61.1 Å². The van der Waals surface area contributed by atoms with E-state index < -0.39 is 0 Å². The van der Waals surface area contributed by atoms with Gasteiger partial charge in [-0.15, -0.1) is 0 Å². The van der Waals surface area contributed by atoms with Gasteiger partial charge in [0.15, 0.2) is 5.65 Å². The molecule has 4 rings (SSSR count). The molecule has 0 aliphatic heterocycles. The molecule has 0 aliphatic carbocycles. The highest BCUT2D eigenvalue weighted by molar-refractivity contribution is 5.89. The predicted octanol–water partition coefficient (Wildman–Crippen LogP) is 4.26. The van der Waals surface area contributed by atoms with Crippen molar-refractivity contribution in [1.82, 2.24) is 19.7 Å². The Morgan fingerprint density at radius 2 is 1.84 bits per heavy atom. The standard InChI is InChI=1S/C19H16FN5/c1-2-13-5-3-4-6-17(13)24-18-16-11-23-25(19(16)22-12-21-18)15-9-7-14(20)8-10-15/h3-12H,2H2,1H3,(H,21,22,24). The summed E-state index contributed by atoms with van der Waals surface area (Å²) >= 11 is 0. The molecule has 2 aromatic heterocycles. The van der Waals surface area contributed by atoms with Gasteiger partial charge in [0.2, 0.25) is 0 Å². The highest BCUT2D eigenvalue weighted by Gasteiger charge is 2.12. The second-order valence-electron chi connectivity index (χ2n) is 5.63. The molecule has 2 heterocycles. The van der Waals surface area contributed by atoms with E-state index in [0.29, 0.717) is 11.5 Å². The molecule has 0 spiro atoms. The maximum Gasteiger partial charge on any atom is 0.168 e. The molecule has 0 aliphatic rings. The van der Waals surface area contributed by atoms with Crippen molar-refractivity contribution in [2.45, 2.75) is 13.3 Å². The molecular formula is C19H16FN5. The number of halogens is 1. The van der Waals surface area contributed by atoms with E-state index in [1.807, 2.05) is 18.2 Å². The molecule has 0 amide bonds. The number of nitrogens with one attached hydrogen (secondary N) is 1. The van der Waals surface area contributed by atoms with Crippen molar-refractivity contribution in [3.8, 4) is 5.69 Å². The Labute approximate surface area is 144 Å². The number of aromatic nitrogens is 4. The second kappa shape index (κ2) is 6.32. The van der Waals surface area contributed by atoms with Crippen molar-refractivity contribution in [3.05, 3.63) is 72.4 Å². The highest BCUT2D eigenvalue weighted by Crippen LogP contribution is 2.26. The van der Waals surface area contributed by atoms with Gasteiger partial charge in [0.1, 0.15) is 18.0 Å². The molecule has 0 bridgehead atoms. The van der Waals surface area contributed by atoms with Gasteiger partial charge in [0.25, 0.3) is 0 Å². The largest absolute Gasteiger partial charge is 0.339 e. The lowest BCUT2D eigenvalue weighted by atomic mass is 10.1. The van der Waals surface area contributed by atoms with Crippen molar-refractivity contribution in [2.24, 2.45) is 0 Å². The van der Waals surface area contributed by atoms with Crippen LogP contribution in [0.5, 0.6) is 0 Å². The molecule has 4 aromatic rings. The molecule has 0 radical (unpaired) electrons. The number of rotatable bonds is 4. The first-order chi connectivity index (χ1) is 12.3. The Hall–Kier alpha value is -3.28. The minimum atomic E-state index is -0.284. The number of hydrogen-bond donors (Lipinski definition) is 1. The van der Waals surface area contributed by atoms with E-state index in [0.717, 1.165) is 23.2 Å². The van der Waals surface area contributed by atoms with E-state index in [-0.39, 0.29) is 5.82 Å². The summed E-state index contributed by atoms with van der Waals surface area (Å²) in [6.07, 6.45) is 4.14. The van der Waals surface area contributed by atoms with E-state index in [1.54, 1.807) is 23.0 Å². The summed E-state index contributed by atoms with van der Waals surface area (Å²) in [7, 11) is 0. The van der Waals surface area contributed by atoms with Crippen LogP contribution in [0.2, 0.25) is 0 Å². The predicted molar refractivity (Wildman–Crippen MR) is 95.7 cm³/mol. The minimum absolute atomic E-state index is 0.284. The van der Waals surface area contributed by atoms with Crippen molar-refractivity contribution in [3.63, 3.8) is 0 Å². The summed E-state index contributed by atoms with van der Waals surface area (Å²) in [6, 6.07) is 14.3. The van der Waals surface area contributed by atoms with Crippen molar-refractivity contribution in [1.29, 1.82) is 0 Å². The zero-order valence-electron chi connectivity index (χ0n) is 13.6. The van der Waals surface area contributed by atoms with Crippen LogP contribution < -0.4 is 5.32 Å². The van der Waals surface area contributed by atoms with Crippen LogP contribution in [-0.4, -0.2) is 19.7 Å². The Bertz CT molecular complexity index is 1020. The summed E-state index contributed by atoms with van der Waals surface area (Å²) in [5.74, 6) is 0.410. The Balaban J connectivity index is 1.78. The smallest absolute Gasteiger partial charge is 0.168 e. The van der Waals surface area contributed by atoms with Crippen LogP contribution in [0, 0.1) is 5.82 Å². The number of para-hydroxylation sites is 1. The van der Waals surface area contributed by atoms with E-state index in [9.17, 15) is 4.39 Å². The Morgan fingerprint density at radius 1 is 1.04 bits per heavy atom. The lowest BCUT2D eigenvalue weighted by Gasteiger charge is -2.10. The van der Waals surface area contributed by atoms with Crippen molar-refractivity contribution in [2.75, 3.05) is 5.32 Å². The van der Waals surface area contributed by atoms with Crippen LogP contribution in [0.3, 0.4) is 0 Å². The van der Waals surface area contributed by atoms with Crippen molar-refractivity contribution >= 4 is 22.5 Å². The van der Waals surface area contributed by atoms with Crippen LogP contribution in [0.1, 0.15) is 12.5 Å². The maximum absolute atomic E-state index is 13.2. The molecule has 0 atom stereocenters. The van der Waals surface area contributed by atoms with Crippen LogP contribution in [0.25, 0.3) is 16.7 Å². The van der Waals surface area contributed by atoms with Crippen LogP contribution in [0.4, 0.5) is 15.9 Å². The van der Waals surface area contributed by atoms with E-state index >= 15 is 0 Å². The van der Waals surface area contributed by atoms with Gasteiger partial charge < -0.3 is 5.32 Å². The van der Waals surface area contributed by atoms with Crippen LogP contribution in [-0.2, 0) is 6.42 Å².